The summed E-state index contributed by atoms with van der Waals surface area (Å²) in [7, 11) is 1.46. The molecule has 1 aliphatic heterocycles. The summed E-state index contributed by atoms with van der Waals surface area (Å²) in [6.45, 7) is 3.46. The minimum Gasteiger partial charge on any atom is -0.478 e. The molecule has 1 aromatic carbocycles. The van der Waals surface area contributed by atoms with Gasteiger partial charge in [0, 0.05) is 30.6 Å². The van der Waals surface area contributed by atoms with Gasteiger partial charge in [-0.25, -0.2) is 18.4 Å². The first-order valence-electron chi connectivity index (χ1n) is 7.80. The number of nitrogens with zero attached hydrogens (tertiary/aromatic N) is 1. The van der Waals surface area contributed by atoms with Crippen molar-refractivity contribution in [2.45, 2.75) is 19.8 Å². The number of hydrogen-bond donors (Lipinski definition) is 2. The van der Waals surface area contributed by atoms with Gasteiger partial charge in [0.15, 0.2) is 0 Å². The van der Waals surface area contributed by atoms with Crippen molar-refractivity contribution in [2.75, 3.05) is 20.3 Å². The summed E-state index contributed by atoms with van der Waals surface area (Å²) in [5.74, 6) is -5.89. The predicted molar refractivity (Wildman–Crippen MR) is 88.4 cm³/mol. The van der Waals surface area contributed by atoms with Gasteiger partial charge in [-0.2, -0.15) is 0 Å². The summed E-state index contributed by atoms with van der Waals surface area (Å²) in [5, 5.41) is 19.4. The lowest BCUT2D eigenvalue weighted by Gasteiger charge is -2.37. The number of allylic oxidation sites excluding steroid dienone is 2. The van der Waals surface area contributed by atoms with Gasteiger partial charge in [-0.15, -0.1) is 0 Å². The van der Waals surface area contributed by atoms with Crippen LogP contribution in [0.4, 0.5) is 8.78 Å². The number of ether oxygens (including phenoxy) is 1. The summed E-state index contributed by atoms with van der Waals surface area (Å²) in [6.07, 6.45) is 0. The molecule has 1 heterocycles. The fraction of sp³-hybridized carbons (Fsp3) is 0.333. The highest BCUT2D eigenvalue weighted by molar-refractivity contribution is 5.98. The van der Waals surface area contributed by atoms with E-state index in [0.717, 1.165) is 18.2 Å². The Labute approximate surface area is 149 Å². The second-order valence-corrected chi connectivity index (χ2v) is 5.85. The molecular weight excluding hydrogens is 348 g/mol. The van der Waals surface area contributed by atoms with Gasteiger partial charge in [0.2, 0.25) is 0 Å². The molecule has 1 aromatic rings. The van der Waals surface area contributed by atoms with E-state index in [2.05, 4.69) is 0 Å². The summed E-state index contributed by atoms with van der Waals surface area (Å²) in [6, 6.07) is 2.57. The lowest BCUT2D eigenvalue weighted by Crippen LogP contribution is -2.36. The zero-order valence-electron chi connectivity index (χ0n) is 14.5. The molecule has 0 saturated carbocycles. The maximum Gasteiger partial charge on any atom is 0.334 e. The lowest BCUT2D eigenvalue weighted by atomic mass is 9.79. The van der Waals surface area contributed by atoms with Crippen LogP contribution in [-0.4, -0.2) is 47.3 Å². The van der Waals surface area contributed by atoms with Crippen LogP contribution in [0.3, 0.4) is 0 Å². The predicted octanol–water partition coefficient (Wildman–Crippen LogP) is 2.73. The third-order valence-corrected chi connectivity index (χ3v) is 4.42. The molecule has 0 bridgehead atoms. The molecule has 0 atom stereocenters. The SMILES string of the molecule is COCCN1C(C)=C(C(=O)O)C(c2cc(F)ccc2F)C(C(=O)O)=C1C. The Hall–Kier alpha value is -2.74. The Morgan fingerprint density at radius 3 is 2.12 bits per heavy atom. The van der Waals surface area contributed by atoms with Crippen LogP contribution in [-0.2, 0) is 14.3 Å². The van der Waals surface area contributed by atoms with Crippen LogP contribution in [0.5, 0.6) is 0 Å². The van der Waals surface area contributed by atoms with Gasteiger partial charge >= 0.3 is 11.9 Å². The number of benzene rings is 1. The summed E-state index contributed by atoms with van der Waals surface area (Å²) < 4.78 is 33.0. The van der Waals surface area contributed by atoms with Gasteiger partial charge in [-0.3, -0.25) is 0 Å². The van der Waals surface area contributed by atoms with Gasteiger partial charge in [0.25, 0.3) is 0 Å². The molecular formula is C18H19F2NO5. The van der Waals surface area contributed by atoms with Crippen LogP contribution in [0.1, 0.15) is 25.3 Å². The van der Waals surface area contributed by atoms with E-state index >= 15 is 0 Å². The van der Waals surface area contributed by atoms with Gasteiger partial charge in [0.1, 0.15) is 11.6 Å². The second-order valence-electron chi connectivity index (χ2n) is 5.85. The van der Waals surface area contributed by atoms with E-state index in [-0.39, 0.29) is 41.3 Å². The maximum atomic E-state index is 14.4. The Bertz CT molecular complexity index is 778. The van der Waals surface area contributed by atoms with Crippen LogP contribution < -0.4 is 0 Å². The first-order chi connectivity index (χ1) is 12.2. The number of rotatable bonds is 6. The number of aliphatic carboxylic acids is 2. The standard InChI is InChI=1S/C18H19F2NO5/c1-9-14(17(22)23)16(12-8-11(19)4-5-13(12)20)15(18(24)25)10(2)21(9)6-7-26-3/h4-5,8,16H,6-7H2,1-3H3,(H,22,23)(H,24,25). The number of carbonyl (C=O) groups is 2. The van der Waals surface area contributed by atoms with Crippen molar-refractivity contribution < 1.29 is 33.3 Å². The Morgan fingerprint density at radius 1 is 1.12 bits per heavy atom. The lowest BCUT2D eigenvalue weighted by molar-refractivity contribution is -0.133. The second kappa shape index (κ2) is 7.65. The molecule has 2 rings (SSSR count). The molecule has 1 aliphatic rings. The monoisotopic (exact) mass is 367 g/mol. The van der Waals surface area contributed by atoms with E-state index in [1.54, 1.807) is 0 Å². The molecule has 26 heavy (non-hydrogen) atoms. The molecule has 0 aromatic heterocycles. The number of hydrogen-bond acceptors (Lipinski definition) is 4. The van der Waals surface area contributed by atoms with Crippen molar-refractivity contribution in [3.8, 4) is 0 Å². The van der Waals surface area contributed by atoms with E-state index in [1.807, 2.05) is 0 Å². The average Bonchev–Trinajstić information content (AvgIpc) is 2.55. The number of carboxylic acid groups (broad SMARTS) is 2. The van der Waals surface area contributed by atoms with Crippen molar-refractivity contribution in [3.63, 3.8) is 0 Å². The van der Waals surface area contributed by atoms with Crippen molar-refractivity contribution >= 4 is 11.9 Å². The molecule has 0 aliphatic carbocycles. The highest BCUT2D eigenvalue weighted by Gasteiger charge is 2.40. The fourth-order valence-corrected chi connectivity index (χ4v) is 3.23. The Morgan fingerprint density at radius 2 is 1.65 bits per heavy atom. The fourth-order valence-electron chi connectivity index (χ4n) is 3.23. The number of methoxy groups -OCH3 is 1. The minimum atomic E-state index is -1.43. The van der Waals surface area contributed by atoms with Crippen molar-refractivity contribution in [1.29, 1.82) is 0 Å². The zero-order valence-corrected chi connectivity index (χ0v) is 14.5. The third kappa shape index (κ3) is 3.45. The first-order valence-corrected chi connectivity index (χ1v) is 7.80. The average molecular weight is 367 g/mol. The summed E-state index contributed by atoms with van der Waals surface area (Å²) in [4.78, 5) is 25.3. The molecule has 6 nitrogen and oxygen atoms in total. The molecule has 140 valence electrons. The van der Waals surface area contributed by atoms with Crippen LogP contribution in [0, 0.1) is 11.6 Å². The Balaban J connectivity index is 2.77. The molecule has 0 spiro atoms. The summed E-state index contributed by atoms with van der Waals surface area (Å²) >= 11 is 0. The van der Waals surface area contributed by atoms with Crippen LogP contribution in [0.25, 0.3) is 0 Å². The highest BCUT2D eigenvalue weighted by atomic mass is 19.1. The van der Waals surface area contributed by atoms with Crippen LogP contribution in [0.2, 0.25) is 0 Å². The molecule has 0 unspecified atom stereocenters. The van der Waals surface area contributed by atoms with Crippen LogP contribution >= 0.6 is 0 Å². The van der Waals surface area contributed by atoms with Crippen molar-refractivity contribution in [3.05, 3.63) is 57.9 Å². The quantitative estimate of drug-likeness (QED) is 0.804. The minimum absolute atomic E-state index is 0.222. The number of halogens is 2. The molecule has 2 N–H and O–H groups in total. The number of carboxylic acids is 2. The topological polar surface area (TPSA) is 87.1 Å². The Kier molecular flexibility index (Phi) is 5.76. The smallest absolute Gasteiger partial charge is 0.334 e. The van der Waals surface area contributed by atoms with E-state index in [4.69, 9.17) is 4.74 Å². The van der Waals surface area contributed by atoms with Crippen molar-refractivity contribution in [1.82, 2.24) is 4.90 Å². The molecule has 0 amide bonds. The first kappa shape index (κ1) is 19.6. The maximum absolute atomic E-state index is 14.4. The molecule has 0 fully saturated rings. The van der Waals surface area contributed by atoms with Gasteiger partial charge in [-0.1, -0.05) is 0 Å². The third-order valence-electron chi connectivity index (χ3n) is 4.42. The van der Waals surface area contributed by atoms with Crippen molar-refractivity contribution in [2.24, 2.45) is 0 Å². The van der Waals surface area contributed by atoms with E-state index in [0.29, 0.717) is 0 Å². The zero-order chi connectivity index (χ0) is 19.6. The van der Waals surface area contributed by atoms with E-state index in [9.17, 15) is 28.6 Å². The van der Waals surface area contributed by atoms with E-state index in [1.165, 1.54) is 25.9 Å². The van der Waals surface area contributed by atoms with Gasteiger partial charge in [0.05, 0.1) is 23.7 Å². The van der Waals surface area contributed by atoms with Gasteiger partial charge in [-0.05, 0) is 32.0 Å². The largest absolute Gasteiger partial charge is 0.478 e. The normalized spacial score (nSPS) is 15.7. The highest BCUT2D eigenvalue weighted by Crippen LogP contribution is 2.42. The van der Waals surface area contributed by atoms with Crippen LogP contribution in [0.15, 0.2) is 40.7 Å². The molecule has 8 heteroatoms. The van der Waals surface area contributed by atoms with Gasteiger partial charge < -0.3 is 19.8 Å². The molecule has 0 saturated heterocycles. The van der Waals surface area contributed by atoms with E-state index < -0.39 is 29.5 Å². The molecule has 0 radical (unpaired) electrons. The summed E-state index contributed by atoms with van der Waals surface area (Å²) in [5.41, 5.74) is -0.441.